The van der Waals surface area contributed by atoms with Crippen molar-refractivity contribution in [2.75, 3.05) is 7.11 Å². The van der Waals surface area contributed by atoms with Crippen LogP contribution in [0, 0.1) is 0 Å². The van der Waals surface area contributed by atoms with Gasteiger partial charge in [-0.2, -0.15) is 9.78 Å². The lowest BCUT2D eigenvalue weighted by atomic mass is 10.2. The zero-order chi connectivity index (χ0) is 30.2. The van der Waals surface area contributed by atoms with Gasteiger partial charge in [0.25, 0.3) is 5.56 Å². The van der Waals surface area contributed by atoms with E-state index in [0.29, 0.717) is 59.9 Å². The van der Waals surface area contributed by atoms with Crippen molar-refractivity contribution in [1.29, 1.82) is 0 Å². The van der Waals surface area contributed by atoms with Crippen molar-refractivity contribution in [2.45, 2.75) is 6.61 Å². The summed E-state index contributed by atoms with van der Waals surface area (Å²) in [4.78, 5) is 18.4. The third-order valence-corrected chi connectivity index (χ3v) is 10.1. The molecular weight excluding hydrogens is 833 g/mol. The number of para-hydroxylation sites is 1. The number of fused-ring (bicyclic) bond motifs is 2. The highest BCUT2D eigenvalue weighted by molar-refractivity contribution is 9.13. The monoisotopic (exact) mass is 847 g/mol. The molecule has 12 heteroatoms. The Bertz CT molecular complexity index is 2130. The zero-order valence-corrected chi connectivity index (χ0v) is 29.2. The van der Waals surface area contributed by atoms with Gasteiger partial charge in [0.1, 0.15) is 12.2 Å². The molecule has 0 unspecified atom stereocenters. The van der Waals surface area contributed by atoms with E-state index in [2.05, 4.69) is 68.8 Å². The van der Waals surface area contributed by atoms with Gasteiger partial charge >= 0.3 is 0 Å². The SMILES string of the molecule is COc1cc(C=Nn2c(-c3cc4cc(Cl)ccc4o3)nc3ccccc3c2=O)c(Br)c(Br)c1OCc1ccc(Br)cc1Br. The summed E-state index contributed by atoms with van der Waals surface area (Å²) in [6.45, 7) is 0.299. The van der Waals surface area contributed by atoms with Crippen LogP contribution in [0.4, 0.5) is 0 Å². The third-order valence-electron chi connectivity index (χ3n) is 6.53. The van der Waals surface area contributed by atoms with E-state index < -0.39 is 0 Å². The van der Waals surface area contributed by atoms with Gasteiger partial charge in [-0.1, -0.05) is 61.7 Å². The van der Waals surface area contributed by atoms with Crippen LogP contribution in [0.3, 0.4) is 0 Å². The van der Waals surface area contributed by atoms with E-state index in [4.69, 9.17) is 30.5 Å². The molecule has 0 fully saturated rings. The highest BCUT2D eigenvalue weighted by Crippen LogP contribution is 2.43. The minimum Gasteiger partial charge on any atom is -0.493 e. The number of aromatic nitrogens is 2. The lowest BCUT2D eigenvalue weighted by molar-refractivity contribution is 0.281. The normalized spacial score (nSPS) is 11.6. The van der Waals surface area contributed by atoms with E-state index in [1.54, 1.807) is 61.9 Å². The Morgan fingerprint density at radius 3 is 2.60 bits per heavy atom. The second-order valence-electron chi connectivity index (χ2n) is 9.26. The predicted molar refractivity (Wildman–Crippen MR) is 184 cm³/mol. The Hall–Kier alpha value is -2.96. The van der Waals surface area contributed by atoms with E-state index in [1.807, 2.05) is 24.3 Å². The van der Waals surface area contributed by atoms with Crippen LogP contribution in [0.2, 0.25) is 5.02 Å². The zero-order valence-electron chi connectivity index (χ0n) is 22.1. The van der Waals surface area contributed by atoms with Crippen molar-refractivity contribution < 1.29 is 13.9 Å². The molecule has 0 saturated carbocycles. The molecular formula is C31H18Br4ClN3O4. The summed E-state index contributed by atoms with van der Waals surface area (Å²) in [5.74, 6) is 1.60. The summed E-state index contributed by atoms with van der Waals surface area (Å²) in [6.07, 6.45) is 1.55. The predicted octanol–water partition coefficient (Wildman–Crippen LogP) is 9.98. The van der Waals surface area contributed by atoms with Gasteiger partial charge < -0.3 is 13.9 Å². The first-order valence-corrected chi connectivity index (χ1v) is 16.2. The maximum Gasteiger partial charge on any atom is 0.282 e. The summed E-state index contributed by atoms with van der Waals surface area (Å²) in [7, 11) is 1.56. The largest absolute Gasteiger partial charge is 0.493 e. The number of nitrogens with zero attached hydrogens (tertiary/aromatic N) is 3. The molecule has 0 aliphatic heterocycles. The molecule has 4 aromatic carbocycles. The fourth-order valence-electron chi connectivity index (χ4n) is 4.41. The molecule has 0 aliphatic rings. The first-order chi connectivity index (χ1) is 20.7. The number of furan rings is 1. The van der Waals surface area contributed by atoms with Gasteiger partial charge in [-0.25, -0.2) is 4.98 Å². The van der Waals surface area contributed by atoms with E-state index in [1.165, 1.54) is 4.68 Å². The Kier molecular flexibility index (Phi) is 8.79. The van der Waals surface area contributed by atoms with Gasteiger partial charge in [-0.3, -0.25) is 4.79 Å². The fraction of sp³-hybridized carbons (Fsp3) is 0.0645. The molecule has 2 aromatic heterocycles. The minimum absolute atomic E-state index is 0.245. The van der Waals surface area contributed by atoms with Crippen molar-refractivity contribution in [1.82, 2.24) is 9.66 Å². The fourth-order valence-corrected chi connectivity index (χ4v) is 6.69. The molecule has 0 aliphatic carbocycles. The molecule has 0 N–H and O–H groups in total. The summed E-state index contributed by atoms with van der Waals surface area (Å²) in [5.41, 5.74) is 2.37. The van der Waals surface area contributed by atoms with Crippen LogP contribution >= 0.6 is 75.3 Å². The summed E-state index contributed by atoms with van der Waals surface area (Å²) in [5, 5.41) is 6.36. The van der Waals surface area contributed by atoms with Crippen LogP contribution in [0.1, 0.15) is 11.1 Å². The average Bonchev–Trinajstić information content (AvgIpc) is 3.42. The van der Waals surface area contributed by atoms with Gasteiger partial charge in [-0.05, 0) is 86.5 Å². The van der Waals surface area contributed by atoms with Crippen molar-refractivity contribution in [3.05, 3.63) is 117 Å². The van der Waals surface area contributed by atoms with Crippen LogP contribution in [-0.4, -0.2) is 23.0 Å². The van der Waals surface area contributed by atoms with Gasteiger partial charge in [0.15, 0.2) is 17.3 Å². The highest BCUT2D eigenvalue weighted by Gasteiger charge is 2.19. The van der Waals surface area contributed by atoms with Crippen molar-refractivity contribution in [2.24, 2.45) is 5.10 Å². The molecule has 43 heavy (non-hydrogen) atoms. The number of hydrogen-bond acceptors (Lipinski definition) is 6. The van der Waals surface area contributed by atoms with Gasteiger partial charge in [0.2, 0.25) is 5.82 Å². The van der Waals surface area contributed by atoms with Gasteiger partial charge in [-0.15, -0.1) is 0 Å². The summed E-state index contributed by atoms with van der Waals surface area (Å²) in [6, 6.07) is 21.8. The molecule has 216 valence electrons. The maximum atomic E-state index is 13.7. The first kappa shape index (κ1) is 30.1. The molecule has 6 aromatic rings. The Balaban J connectivity index is 1.42. The van der Waals surface area contributed by atoms with Crippen molar-refractivity contribution in [3.63, 3.8) is 0 Å². The molecule has 0 bridgehead atoms. The standard InChI is InChI=1S/C31H18Br4ClN3O4/c1-41-25-12-18(27(34)28(35)29(25)42-15-16-6-7-19(32)13-22(16)33)14-37-39-30(38-23-5-3-2-4-21(23)31(39)40)26-11-17-10-20(36)8-9-24(17)43-26/h2-14H,15H2,1H3. The highest BCUT2D eigenvalue weighted by atomic mass is 79.9. The summed E-state index contributed by atoms with van der Waals surface area (Å²) < 4.78 is 22.3. The molecule has 0 spiro atoms. The average molecular weight is 852 g/mol. The number of methoxy groups -OCH3 is 1. The smallest absolute Gasteiger partial charge is 0.282 e. The van der Waals surface area contributed by atoms with Crippen LogP contribution in [-0.2, 0) is 6.61 Å². The number of hydrogen-bond donors (Lipinski definition) is 0. The van der Waals surface area contributed by atoms with Crippen molar-refractivity contribution >= 4 is 103 Å². The Labute approximate surface area is 284 Å². The molecule has 0 saturated heterocycles. The van der Waals surface area contributed by atoms with Gasteiger partial charge in [0, 0.05) is 35.0 Å². The lowest BCUT2D eigenvalue weighted by Crippen LogP contribution is -2.20. The number of halogens is 5. The van der Waals surface area contributed by atoms with Crippen LogP contribution in [0.25, 0.3) is 33.5 Å². The molecule has 0 atom stereocenters. The van der Waals surface area contributed by atoms with Gasteiger partial charge in [0.05, 0.1) is 28.7 Å². The quantitative estimate of drug-likeness (QED) is 0.150. The third kappa shape index (κ3) is 6.06. The molecule has 7 nitrogen and oxygen atoms in total. The topological polar surface area (TPSA) is 78.9 Å². The number of benzene rings is 4. The van der Waals surface area contributed by atoms with E-state index in [-0.39, 0.29) is 11.4 Å². The van der Waals surface area contributed by atoms with E-state index >= 15 is 0 Å². The van der Waals surface area contributed by atoms with Crippen molar-refractivity contribution in [3.8, 4) is 23.1 Å². The molecule has 6 rings (SSSR count). The second kappa shape index (κ2) is 12.6. The number of ether oxygens (including phenoxy) is 2. The van der Waals surface area contributed by atoms with E-state index in [9.17, 15) is 4.79 Å². The molecule has 0 amide bonds. The molecule has 2 heterocycles. The maximum absolute atomic E-state index is 13.7. The Morgan fingerprint density at radius 2 is 1.81 bits per heavy atom. The lowest BCUT2D eigenvalue weighted by Gasteiger charge is -2.16. The van der Waals surface area contributed by atoms with Crippen LogP contribution in [0.5, 0.6) is 11.5 Å². The minimum atomic E-state index is -0.350. The second-order valence-corrected chi connectivity index (χ2v) is 13.0. The van der Waals surface area contributed by atoms with Crippen LogP contribution < -0.4 is 15.0 Å². The summed E-state index contributed by atoms with van der Waals surface area (Å²) >= 11 is 20.5. The van der Waals surface area contributed by atoms with E-state index in [0.717, 1.165) is 19.9 Å². The first-order valence-electron chi connectivity index (χ1n) is 12.6. The Morgan fingerprint density at radius 1 is 1.00 bits per heavy atom. The van der Waals surface area contributed by atoms with Crippen LogP contribution in [0.15, 0.2) is 105 Å². The number of rotatable bonds is 7. The molecule has 0 radical (unpaired) electrons.